The summed E-state index contributed by atoms with van der Waals surface area (Å²) in [6.45, 7) is 0.315. The summed E-state index contributed by atoms with van der Waals surface area (Å²) >= 11 is 0. The third-order valence-electron chi connectivity index (χ3n) is 3.81. The smallest absolute Gasteiger partial charge is 0.248 e. The minimum Gasteiger partial charge on any atom is -0.505 e. The summed E-state index contributed by atoms with van der Waals surface area (Å²) in [5.41, 5.74) is 2.00. The van der Waals surface area contributed by atoms with Gasteiger partial charge in [-0.1, -0.05) is 42.5 Å². The van der Waals surface area contributed by atoms with E-state index in [1.54, 1.807) is 6.07 Å². The summed E-state index contributed by atoms with van der Waals surface area (Å²) in [6.07, 6.45) is 2.82. The molecule has 1 amide bonds. The molecule has 0 aliphatic rings. The molecule has 3 rings (SSSR count). The van der Waals surface area contributed by atoms with Crippen molar-refractivity contribution < 1.29 is 19.0 Å². The van der Waals surface area contributed by atoms with Crippen molar-refractivity contribution in [1.82, 2.24) is 0 Å². The van der Waals surface area contributed by atoms with E-state index in [1.165, 1.54) is 24.3 Å². The zero-order valence-electron chi connectivity index (χ0n) is 14.4. The number of amides is 1. The second-order valence-corrected chi connectivity index (χ2v) is 5.79. The lowest BCUT2D eigenvalue weighted by Crippen LogP contribution is -2.10. The average molecular weight is 363 g/mol. The Bertz CT molecular complexity index is 955. The molecule has 3 aromatic carbocycles. The first-order valence-electron chi connectivity index (χ1n) is 8.35. The van der Waals surface area contributed by atoms with Crippen LogP contribution >= 0.6 is 0 Å². The number of phenolic OH excluding ortho intramolecular Hbond substituents is 1. The van der Waals surface area contributed by atoms with E-state index in [-0.39, 0.29) is 5.91 Å². The van der Waals surface area contributed by atoms with Crippen molar-refractivity contribution in [2.45, 2.75) is 6.61 Å². The van der Waals surface area contributed by atoms with Crippen LogP contribution in [0.3, 0.4) is 0 Å². The molecule has 0 radical (unpaired) electrons. The highest BCUT2D eigenvalue weighted by atomic mass is 19.1. The van der Waals surface area contributed by atoms with Gasteiger partial charge in [0.15, 0.2) is 11.6 Å². The lowest BCUT2D eigenvalue weighted by Gasteiger charge is -2.11. The van der Waals surface area contributed by atoms with Crippen molar-refractivity contribution in [1.29, 1.82) is 0 Å². The van der Waals surface area contributed by atoms with Gasteiger partial charge < -0.3 is 15.2 Å². The molecular weight excluding hydrogens is 345 g/mol. The SMILES string of the molecule is O=C(/C=C/c1ccc(F)c(O)c1)Nc1ccccc1COc1ccccc1. The summed E-state index contributed by atoms with van der Waals surface area (Å²) in [6, 6.07) is 20.6. The number of carbonyl (C=O) groups excluding carboxylic acids is 1. The highest BCUT2D eigenvalue weighted by molar-refractivity contribution is 6.02. The molecule has 0 spiro atoms. The zero-order valence-corrected chi connectivity index (χ0v) is 14.4. The average Bonchev–Trinajstić information content (AvgIpc) is 2.69. The molecule has 0 bridgehead atoms. The molecule has 0 saturated carbocycles. The Balaban J connectivity index is 1.65. The number of aromatic hydroxyl groups is 1. The van der Waals surface area contributed by atoms with Gasteiger partial charge in [-0.05, 0) is 42.0 Å². The van der Waals surface area contributed by atoms with Gasteiger partial charge in [0, 0.05) is 17.3 Å². The molecular formula is C22H18FNO3. The van der Waals surface area contributed by atoms with Crippen LogP contribution in [0.25, 0.3) is 6.08 Å². The molecule has 4 nitrogen and oxygen atoms in total. The van der Waals surface area contributed by atoms with Crippen molar-refractivity contribution in [3.8, 4) is 11.5 Å². The summed E-state index contributed by atoms with van der Waals surface area (Å²) in [5.74, 6) is -0.759. The molecule has 0 fully saturated rings. The predicted molar refractivity (Wildman–Crippen MR) is 103 cm³/mol. The van der Waals surface area contributed by atoms with E-state index in [9.17, 15) is 14.3 Å². The maximum atomic E-state index is 13.1. The van der Waals surface area contributed by atoms with Gasteiger partial charge in [0.2, 0.25) is 5.91 Å². The van der Waals surface area contributed by atoms with Crippen LogP contribution in [-0.4, -0.2) is 11.0 Å². The van der Waals surface area contributed by atoms with Gasteiger partial charge in [-0.15, -0.1) is 0 Å². The van der Waals surface area contributed by atoms with Crippen LogP contribution in [0, 0.1) is 5.82 Å². The maximum Gasteiger partial charge on any atom is 0.248 e. The number of rotatable bonds is 6. The maximum absolute atomic E-state index is 13.1. The monoisotopic (exact) mass is 363 g/mol. The Morgan fingerprint density at radius 3 is 2.56 bits per heavy atom. The Kier molecular flexibility index (Phi) is 5.84. The molecule has 0 aromatic heterocycles. The molecule has 3 aromatic rings. The van der Waals surface area contributed by atoms with E-state index in [4.69, 9.17) is 4.74 Å². The minimum absolute atomic E-state index is 0.315. The standard InChI is InChI=1S/C22H18FNO3/c23-19-12-10-16(14-21(19)25)11-13-22(26)24-20-9-5-4-6-17(20)15-27-18-7-2-1-3-8-18/h1-14,25H,15H2,(H,24,26)/b13-11+. The van der Waals surface area contributed by atoms with E-state index in [0.29, 0.717) is 17.9 Å². The second-order valence-electron chi connectivity index (χ2n) is 5.79. The fourth-order valence-corrected chi connectivity index (χ4v) is 2.43. The second kappa shape index (κ2) is 8.67. The fraction of sp³-hybridized carbons (Fsp3) is 0.0455. The number of para-hydroxylation sites is 2. The number of hydrogen-bond donors (Lipinski definition) is 2. The van der Waals surface area contributed by atoms with Crippen LogP contribution in [0.5, 0.6) is 11.5 Å². The number of phenols is 1. The topological polar surface area (TPSA) is 58.6 Å². The van der Waals surface area contributed by atoms with E-state index in [2.05, 4.69) is 5.32 Å². The highest BCUT2D eigenvalue weighted by Crippen LogP contribution is 2.20. The van der Waals surface area contributed by atoms with Crippen molar-refractivity contribution in [3.63, 3.8) is 0 Å². The first kappa shape index (κ1) is 18.2. The van der Waals surface area contributed by atoms with Crippen LogP contribution in [-0.2, 0) is 11.4 Å². The van der Waals surface area contributed by atoms with Gasteiger partial charge in [0.1, 0.15) is 12.4 Å². The summed E-state index contributed by atoms with van der Waals surface area (Å²) in [4.78, 5) is 12.2. The Morgan fingerprint density at radius 1 is 1.04 bits per heavy atom. The zero-order chi connectivity index (χ0) is 19.1. The van der Waals surface area contributed by atoms with Gasteiger partial charge in [0.05, 0.1) is 0 Å². The normalized spacial score (nSPS) is 10.7. The number of halogens is 1. The summed E-state index contributed by atoms with van der Waals surface area (Å²) in [7, 11) is 0. The largest absolute Gasteiger partial charge is 0.505 e. The highest BCUT2D eigenvalue weighted by Gasteiger charge is 2.06. The molecule has 0 aliphatic heterocycles. The predicted octanol–water partition coefficient (Wildman–Crippen LogP) is 4.76. The van der Waals surface area contributed by atoms with Gasteiger partial charge >= 0.3 is 0 Å². The molecule has 0 atom stereocenters. The molecule has 0 saturated heterocycles. The van der Waals surface area contributed by atoms with Crippen LogP contribution in [0.2, 0.25) is 0 Å². The van der Waals surface area contributed by atoms with Crippen molar-refractivity contribution in [2.24, 2.45) is 0 Å². The number of anilines is 1. The molecule has 0 aliphatic carbocycles. The molecule has 27 heavy (non-hydrogen) atoms. The fourth-order valence-electron chi connectivity index (χ4n) is 2.43. The van der Waals surface area contributed by atoms with E-state index in [1.807, 2.05) is 48.5 Å². The lowest BCUT2D eigenvalue weighted by molar-refractivity contribution is -0.111. The summed E-state index contributed by atoms with van der Waals surface area (Å²) in [5, 5.41) is 12.2. The number of nitrogens with one attached hydrogen (secondary N) is 1. The molecule has 136 valence electrons. The number of ether oxygens (including phenoxy) is 1. The van der Waals surface area contributed by atoms with Crippen molar-refractivity contribution >= 4 is 17.7 Å². The van der Waals surface area contributed by atoms with Gasteiger partial charge in [-0.2, -0.15) is 0 Å². The Hall–Kier alpha value is -3.60. The van der Waals surface area contributed by atoms with E-state index >= 15 is 0 Å². The number of carbonyl (C=O) groups is 1. The Labute approximate surface area is 156 Å². The first-order valence-corrected chi connectivity index (χ1v) is 8.35. The van der Waals surface area contributed by atoms with E-state index < -0.39 is 11.6 Å². The van der Waals surface area contributed by atoms with Crippen LogP contribution < -0.4 is 10.1 Å². The molecule has 2 N–H and O–H groups in total. The van der Waals surface area contributed by atoms with Crippen LogP contribution in [0.1, 0.15) is 11.1 Å². The molecule has 0 heterocycles. The third-order valence-corrected chi connectivity index (χ3v) is 3.81. The quantitative estimate of drug-likeness (QED) is 0.621. The van der Waals surface area contributed by atoms with Gasteiger partial charge in [-0.25, -0.2) is 4.39 Å². The van der Waals surface area contributed by atoms with Gasteiger partial charge in [-0.3, -0.25) is 4.79 Å². The van der Waals surface area contributed by atoms with Gasteiger partial charge in [0.25, 0.3) is 0 Å². The molecule has 5 heteroatoms. The summed E-state index contributed by atoms with van der Waals surface area (Å²) < 4.78 is 18.8. The van der Waals surface area contributed by atoms with Crippen LogP contribution in [0.15, 0.2) is 78.9 Å². The first-order chi connectivity index (χ1) is 13.1. The lowest BCUT2D eigenvalue weighted by atomic mass is 10.1. The number of hydrogen-bond acceptors (Lipinski definition) is 3. The minimum atomic E-state index is -0.705. The van der Waals surface area contributed by atoms with E-state index in [0.717, 1.165) is 17.4 Å². The van der Waals surface area contributed by atoms with Crippen LogP contribution in [0.4, 0.5) is 10.1 Å². The number of benzene rings is 3. The third kappa shape index (κ3) is 5.19. The molecule has 0 unspecified atom stereocenters. The Morgan fingerprint density at radius 2 is 1.78 bits per heavy atom. The van der Waals surface area contributed by atoms with Crippen molar-refractivity contribution in [2.75, 3.05) is 5.32 Å². The van der Waals surface area contributed by atoms with Crippen molar-refractivity contribution in [3.05, 3.63) is 95.8 Å².